The molecule has 0 bridgehead atoms. The monoisotopic (exact) mass is 442 g/mol. The van der Waals surface area contributed by atoms with Crippen molar-refractivity contribution in [3.8, 4) is 5.82 Å². The second kappa shape index (κ2) is 9.69. The van der Waals surface area contributed by atoms with Crippen molar-refractivity contribution >= 4 is 21.6 Å². The quantitative estimate of drug-likeness (QED) is 0.486. The maximum atomic E-state index is 12.2. The Morgan fingerprint density at radius 2 is 1.87 bits per heavy atom. The number of aromatic nitrogens is 4. The second-order valence-electron chi connectivity index (χ2n) is 7.30. The number of amides is 1. The summed E-state index contributed by atoms with van der Waals surface area (Å²) >= 11 is 0. The van der Waals surface area contributed by atoms with Crippen molar-refractivity contribution in [1.29, 1.82) is 0 Å². The zero-order valence-electron chi connectivity index (χ0n) is 17.7. The molecule has 3 aromatic rings. The van der Waals surface area contributed by atoms with E-state index in [-0.39, 0.29) is 17.2 Å². The van der Waals surface area contributed by atoms with Crippen LogP contribution in [0.3, 0.4) is 0 Å². The highest BCUT2D eigenvalue weighted by atomic mass is 32.2. The molecule has 0 atom stereocenters. The van der Waals surface area contributed by atoms with Crippen LogP contribution in [0.1, 0.15) is 25.2 Å². The fraction of sp³-hybridized carbons (Fsp3) is 0.333. The minimum atomic E-state index is -3.31. The van der Waals surface area contributed by atoms with Gasteiger partial charge in [0.1, 0.15) is 11.6 Å². The molecule has 0 saturated heterocycles. The van der Waals surface area contributed by atoms with Crippen molar-refractivity contribution in [2.24, 2.45) is 0 Å². The number of carbonyl (C=O) groups is 1. The predicted molar refractivity (Wildman–Crippen MR) is 118 cm³/mol. The van der Waals surface area contributed by atoms with Crippen molar-refractivity contribution in [3.63, 3.8) is 0 Å². The molecule has 1 amide bonds. The van der Waals surface area contributed by atoms with E-state index < -0.39 is 15.1 Å². The average molecular weight is 443 g/mol. The average Bonchev–Trinajstić information content (AvgIpc) is 3.26. The second-order valence-corrected chi connectivity index (χ2v) is 9.80. The summed E-state index contributed by atoms with van der Waals surface area (Å²) < 4.78 is 26.0. The van der Waals surface area contributed by atoms with Crippen molar-refractivity contribution in [3.05, 3.63) is 60.2 Å². The number of hydrogen-bond acceptors (Lipinski definition) is 7. The first-order chi connectivity index (χ1) is 14.8. The number of anilines is 1. The van der Waals surface area contributed by atoms with Crippen molar-refractivity contribution in [2.75, 3.05) is 18.4 Å². The Morgan fingerprint density at radius 3 is 2.52 bits per heavy atom. The molecule has 2 N–H and O–H groups in total. The van der Waals surface area contributed by atoms with Crippen LogP contribution in [0.2, 0.25) is 0 Å². The molecule has 0 unspecified atom stereocenters. The summed E-state index contributed by atoms with van der Waals surface area (Å²) in [4.78, 5) is 21.1. The Bertz CT molecular complexity index is 1130. The van der Waals surface area contributed by atoms with Gasteiger partial charge in [-0.1, -0.05) is 12.1 Å². The number of benzene rings is 1. The summed E-state index contributed by atoms with van der Waals surface area (Å²) in [5, 5.41) is 9.69. The van der Waals surface area contributed by atoms with E-state index in [1.54, 1.807) is 68.2 Å². The van der Waals surface area contributed by atoms with Gasteiger partial charge >= 0.3 is 0 Å². The minimum absolute atomic E-state index is 0.141. The van der Waals surface area contributed by atoms with E-state index >= 15 is 0 Å². The summed E-state index contributed by atoms with van der Waals surface area (Å²) in [5.74, 6) is 1.78. The molecular weight excluding hydrogens is 416 g/mol. The molecule has 2 aromatic heterocycles. The molecule has 0 radical (unpaired) electrons. The maximum absolute atomic E-state index is 12.2. The van der Waals surface area contributed by atoms with E-state index in [0.29, 0.717) is 30.5 Å². The maximum Gasteiger partial charge on any atom is 0.224 e. The molecule has 0 saturated carbocycles. The van der Waals surface area contributed by atoms with E-state index in [1.165, 1.54) is 0 Å². The van der Waals surface area contributed by atoms with Gasteiger partial charge in [0, 0.05) is 31.5 Å². The molecule has 0 aliphatic rings. The smallest absolute Gasteiger partial charge is 0.224 e. The van der Waals surface area contributed by atoms with Crippen LogP contribution in [0.5, 0.6) is 0 Å². The van der Waals surface area contributed by atoms with E-state index in [4.69, 9.17) is 0 Å². The minimum Gasteiger partial charge on any atom is -0.368 e. The number of hydrogen-bond donors (Lipinski definition) is 2. The zero-order valence-corrected chi connectivity index (χ0v) is 18.6. The number of rotatable bonds is 9. The lowest BCUT2D eigenvalue weighted by atomic mass is 10.1. The van der Waals surface area contributed by atoms with E-state index in [2.05, 4.69) is 25.7 Å². The highest BCUT2D eigenvalue weighted by molar-refractivity contribution is 7.92. The van der Waals surface area contributed by atoms with Gasteiger partial charge in [-0.25, -0.2) is 23.1 Å². The fourth-order valence-electron chi connectivity index (χ4n) is 2.87. The normalized spacial score (nSPS) is 11.5. The summed E-state index contributed by atoms with van der Waals surface area (Å²) in [6.45, 7) is 6.00. The molecule has 9 nitrogen and oxygen atoms in total. The van der Waals surface area contributed by atoms with Gasteiger partial charge in [-0.15, -0.1) is 0 Å². The standard InChI is InChI=1S/C21H26N6O3S/c1-15(2)31(29,30)18-7-5-17(6-8-18)13-21(28)23-11-10-22-19-14-20(26-16(3)25-19)27-12-4-9-24-27/h4-9,12,14-15H,10-11,13H2,1-3H3,(H,23,28)(H,22,25,26). The van der Waals surface area contributed by atoms with Gasteiger partial charge in [0.05, 0.1) is 16.6 Å². The zero-order chi connectivity index (χ0) is 22.4. The Balaban J connectivity index is 1.48. The Morgan fingerprint density at radius 1 is 1.13 bits per heavy atom. The number of sulfone groups is 1. The molecule has 31 heavy (non-hydrogen) atoms. The van der Waals surface area contributed by atoms with Gasteiger partial charge in [-0.2, -0.15) is 5.10 Å². The van der Waals surface area contributed by atoms with Crippen LogP contribution in [0.15, 0.2) is 53.7 Å². The van der Waals surface area contributed by atoms with Crippen molar-refractivity contribution in [1.82, 2.24) is 25.1 Å². The molecule has 164 valence electrons. The molecule has 0 spiro atoms. The highest BCUT2D eigenvalue weighted by Gasteiger charge is 2.18. The predicted octanol–water partition coefficient (Wildman–Crippen LogP) is 1.92. The van der Waals surface area contributed by atoms with Crippen molar-refractivity contribution < 1.29 is 13.2 Å². The molecule has 1 aromatic carbocycles. The van der Waals surface area contributed by atoms with Gasteiger partial charge < -0.3 is 10.6 Å². The molecule has 0 aliphatic heterocycles. The fourth-order valence-corrected chi connectivity index (χ4v) is 3.93. The first kappa shape index (κ1) is 22.4. The van der Waals surface area contributed by atoms with Crippen LogP contribution in [0.4, 0.5) is 5.82 Å². The van der Waals surface area contributed by atoms with Gasteiger partial charge in [0.2, 0.25) is 5.91 Å². The molecule has 3 rings (SSSR count). The molecule has 0 aliphatic carbocycles. The molecule has 10 heteroatoms. The Hall–Kier alpha value is -3.27. The number of carbonyl (C=O) groups excluding carboxylic acids is 1. The third kappa shape index (κ3) is 5.88. The highest BCUT2D eigenvalue weighted by Crippen LogP contribution is 2.16. The summed E-state index contributed by atoms with van der Waals surface area (Å²) in [6.07, 6.45) is 3.66. The molecular formula is C21H26N6O3S. The Kier molecular flexibility index (Phi) is 7.01. The van der Waals surface area contributed by atoms with Crippen LogP contribution in [0, 0.1) is 6.92 Å². The van der Waals surface area contributed by atoms with Crippen LogP contribution < -0.4 is 10.6 Å². The lowest BCUT2D eigenvalue weighted by Crippen LogP contribution is -2.30. The topological polar surface area (TPSA) is 119 Å². The van der Waals surface area contributed by atoms with Gasteiger partial charge in [0.15, 0.2) is 15.7 Å². The third-order valence-corrected chi connectivity index (χ3v) is 6.72. The lowest BCUT2D eigenvalue weighted by Gasteiger charge is -2.10. The van der Waals surface area contributed by atoms with Crippen LogP contribution in [-0.4, -0.2) is 52.4 Å². The molecule has 0 fully saturated rings. The first-order valence-electron chi connectivity index (χ1n) is 9.95. The Labute approximate surface area is 181 Å². The van der Waals surface area contributed by atoms with Crippen molar-refractivity contribution in [2.45, 2.75) is 37.3 Å². The summed E-state index contributed by atoms with van der Waals surface area (Å²) in [7, 11) is -3.31. The summed E-state index contributed by atoms with van der Waals surface area (Å²) in [6, 6.07) is 10.1. The number of aryl methyl sites for hydroxylation is 1. The van der Waals surface area contributed by atoms with Crippen LogP contribution >= 0.6 is 0 Å². The van der Waals surface area contributed by atoms with Gasteiger partial charge in [-0.3, -0.25) is 4.79 Å². The lowest BCUT2D eigenvalue weighted by molar-refractivity contribution is -0.120. The van der Waals surface area contributed by atoms with E-state index in [0.717, 1.165) is 5.56 Å². The van der Waals surface area contributed by atoms with Gasteiger partial charge in [0.25, 0.3) is 0 Å². The van der Waals surface area contributed by atoms with E-state index in [1.807, 2.05) is 6.07 Å². The SMILES string of the molecule is Cc1nc(NCCNC(=O)Cc2ccc(S(=O)(=O)C(C)C)cc2)cc(-n2cccn2)n1. The molecule has 2 heterocycles. The van der Waals surface area contributed by atoms with E-state index in [9.17, 15) is 13.2 Å². The third-order valence-electron chi connectivity index (χ3n) is 4.55. The van der Waals surface area contributed by atoms with Crippen LogP contribution in [0.25, 0.3) is 5.82 Å². The number of nitrogens with one attached hydrogen (secondary N) is 2. The summed E-state index contributed by atoms with van der Waals surface area (Å²) in [5.41, 5.74) is 0.753. The largest absolute Gasteiger partial charge is 0.368 e. The first-order valence-corrected chi connectivity index (χ1v) is 11.5. The number of nitrogens with zero attached hydrogens (tertiary/aromatic N) is 4. The van der Waals surface area contributed by atoms with Gasteiger partial charge in [-0.05, 0) is 44.5 Å². The van der Waals surface area contributed by atoms with Crippen LogP contribution in [-0.2, 0) is 21.1 Å².